The van der Waals surface area contributed by atoms with Crippen LogP contribution < -0.4 is 0 Å². The Labute approximate surface area is 117 Å². The van der Waals surface area contributed by atoms with Crippen molar-refractivity contribution < 1.29 is 0 Å². The molecular formula is C16H14N2S. The van der Waals surface area contributed by atoms with E-state index in [0.717, 1.165) is 22.6 Å². The van der Waals surface area contributed by atoms with Crippen molar-refractivity contribution in [3.8, 4) is 11.3 Å². The van der Waals surface area contributed by atoms with E-state index in [-0.39, 0.29) is 0 Å². The second kappa shape index (κ2) is 4.59. The van der Waals surface area contributed by atoms with E-state index in [1.54, 1.807) is 0 Å². The van der Waals surface area contributed by atoms with Gasteiger partial charge >= 0.3 is 0 Å². The lowest BCUT2D eigenvalue weighted by Gasteiger charge is -2.07. The van der Waals surface area contributed by atoms with Crippen molar-refractivity contribution in [1.82, 2.24) is 9.97 Å². The van der Waals surface area contributed by atoms with Gasteiger partial charge in [0.05, 0.1) is 5.69 Å². The minimum atomic E-state index is 0.693. The number of fused-ring (bicyclic) bond motifs is 1. The van der Waals surface area contributed by atoms with E-state index >= 15 is 0 Å². The fraction of sp³-hybridized carbons (Fsp3) is 0.125. The van der Waals surface area contributed by atoms with Crippen LogP contribution in [-0.2, 0) is 0 Å². The predicted molar refractivity (Wildman–Crippen MR) is 81.8 cm³/mol. The highest BCUT2D eigenvalue weighted by Gasteiger charge is 2.06. The van der Waals surface area contributed by atoms with E-state index in [2.05, 4.69) is 40.3 Å². The van der Waals surface area contributed by atoms with Crippen LogP contribution >= 0.6 is 12.2 Å². The first kappa shape index (κ1) is 12.1. The van der Waals surface area contributed by atoms with Crippen LogP contribution in [0.25, 0.3) is 22.0 Å². The molecule has 2 aromatic carbocycles. The van der Waals surface area contributed by atoms with Crippen LogP contribution in [0.5, 0.6) is 0 Å². The molecule has 0 amide bonds. The van der Waals surface area contributed by atoms with Crippen LogP contribution in [-0.4, -0.2) is 9.97 Å². The monoisotopic (exact) mass is 266 g/mol. The highest BCUT2D eigenvalue weighted by Crippen LogP contribution is 2.24. The second-order valence-electron chi connectivity index (χ2n) is 4.69. The van der Waals surface area contributed by atoms with Gasteiger partial charge in [-0.25, -0.2) is 4.98 Å². The molecule has 0 spiro atoms. The number of aromatic amines is 1. The quantitative estimate of drug-likeness (QED) is 0.653. The fourth-order valence-electron chi connectivity index (χ4n) is 2.15. The maximum absolute atomic E-state index is 5.39. The van der Waals surface area contributed by atoms with Gasteiger partial charge in [0.25, 0.3) is 0 Å². The molecule has 0 aliphatic rings. The Morgan fingerprint density at radius 1 is 1.00 bits per heavy atom. The van der Waals surface area contributed by atoms with Gasteiger partial charge in [0.1, 0.15) is 10.3 Å². The van der Waals surface area contributed by atoms with Crippen LogP contribution in [0.1, 0.15) is 11.4 Å². The van der Waals surface area contributed by atoms with Crippen molar-refractivity contribution in [2.24, 2.45) is 0 Å². The third-order valence-corrected chi connectivity index (χ3v) is 3.66. The molecule has 0 unspecified atom stereocenters. The molecule has 2 nitrogen and oxygen atoms in total. The Morgan fingerprint density at radius 3 is 2.53 bits per heavy atom. The van der Waals surface area contributed by atoms with Crippen molar-refractivity contribution in [1.29, 1.82) is 0 Å². The van der Waals surface area contributed by atoms with Gasteiger partial charge in [-0.15, -0.1) is 0 Å². The molecule has 0 saturated heterocycles. The minimum absolute atomic E-state index is 0.693. The lowest BCUT2D eigenvalue weighted by atomic mass is 10.1. The number of benzene rings is 2. The molecule has 19 heavy (non-hydrogen) atoms. The molecule has 0 bridgehead atoms. The zero-order valence-electron chi connectivity index (χ0n) is 10.9. The number of hydrogen-bond donors (Lipinski definition) is 1. The van der Waals surface area contributed by atoms with E-state index in [0.29, 0.717) is 4.64 Å². The zero-order chi connectivity index (χ0) is 13.4. The molecular weight excluding hydrogens is 252 g/mol. The highest BCUT2D eigenvalue weighted by atomic mass is 32.1. The van der Waals surface area contributed by atoms with E-state index < -0.39 is 0 Å². The molecule has 3 heteroatoms. The SMILES string of the molecule is Cc1nc(-c2ccc3ccccc3c2)c(=S)[nH]c1C. The van der Waals surface area contributed by atoms with Gasteiger partial charge in [0, 0.05) is 11.3 Å². The van der Waals surface area contributed by atoms with Crippen molar-refractivity contribution in [2.75, 3.05) is 0 Å². The average molecular weight is 266 g/mol. The molecule has 1 N–H and O–H groups in total. The summed E-state index contributed by atoms with van der Waals surface area (Å²) in [5, 5.41) is 2.43. The van der Waals surface area contributed by atoms with Gasteiger partial charge in [0.2, 0.25) is 0 Å². The zero-order valence-corrected chi connectivity index (χ0v) is 11.7. The van der Waals surface area contributed by atoms with E-state index in [1.165, 1.54) is 10.8 Å². The number of nitrogens with zero attached hydrogens (tertiary/aromatic N) is 1. The van der Waals surface area contributed by atoms with Crippen LogP contribution in [0.4, 0.5) is 0 Å². The van der Waals surface area contributed by atoms with E-state index in [9.17, 15) is 0 Å². The molecule has 0 atom stereocenters. The first-order valence-electron chi connectivity index (χ1n) is 6.22. The van der Waals surface area contributed by atoms with Crippen molar-refractivity contribution in [3.05, 3.63) is 58.5 Å². The molecule has 1 aromatic heterocycles. The Bertz CT molecular complexity index is 818. The fourth-order valence-corrected chi connectivity index (χ4v) is 2.47. The van der Waals surface area contributed by atoms with Gasteiger partial charge in [-0.2, -0.15) is 0 Å². The van der Waals surface area contributed by atoms with Crippen molar-refractivity contribution in [2.45, 2.75) is 13.8 Å². The number of hydrogen-bond acceptors (Lipinski definition) is 2. The highest BCUT2D eigenvalue weighted by molar-refractivity contribution is 7.71. The maximum atomic E-state index is 5.39. The molecule has 0 aliphatic heterocycles. The summed E-state index contributed by atoms with van der Waals surface area (Å²) in [6, 6.07) is 14.6. The Balaban J connectivity index is 2.24. The summed E-state index contributed by atoms with van der Waals surface area (Å²) in [6.45, 7) is 3.98. The minimum Gasteiger partial charge on any atom is -0.347 e. The number of aromatic nitrogens is 2. The average Bonchev–Trinajstić information content (AvgIpc) is 2.42. The largest absolute Gasteiger partial charge is 0.347 e. The lowest BCUT2D eigenvalue weighted by Crippen LogP contribution is -1.96. The molecule has 0 aliphatic carbocycles. The summed E-state index contributed by atoms with van der Waals surface area (Å²) in [5.74, 6) is 0. The normalized spacial score (nSPS) is 10.8. The standard InChI is InChI=1S/C16H14N2S/c1-10-11(2)18-16(19)15(17-10)14-8-7-12-5-3-4-6-13(12)9-14/h3-9H,1-2H3,(H,18,19). The maximum Gasteiger partial charge on any atom is 0.130 e. The molecule has 0 fully saturated rings. The van der Waals surface area contributed by atoms with Crippen molar-refractivity contribution in [3.63, 3.8) is 0 Å². The summed E-state index contributed by atoms with van der Waals surface area (Å²) in [4.78, 5) is 7.82. The molecule has 3 rings (SSSR count). The third-order valence-electron chi connectivity index (χ3n) is 3.36. The Kier molecular flexibility index (Phi) is 2.91. The smallest absolute Gasteiger partial charge is 0.130 e. The predicted octanol–water partition coefficient (Wildman–Crippen LogP) is 4.58. The number of aryl methyl sites for hydroxylation is 2. The molecule has 94 valence electrons. The Morgan fingerprint density at radius 2 is 1.74 bits per heavy atom. The van der Waals surface area contributed by atoms with Gasteiger partial charge in [0.15, 0.2) is 0 Å². The van der Waals surface area contributed by atoms with Crippen LogP contribution in [0.2, 0.25) is 0 Å². The van der Waals surface area contributed by atoms with Gasteiger partial charge < -0.3 is 4.98 Å². The van der Waals surface area contributed by atoms with Crippen LogP contribution in [0.3, 0.4) is 0 Å². The van der Waals surface area contributed by atoms with E-state index in [1.807, 2.05) is 26.0 Å². The van der Waals surface area contributed by atoms with Crippen LogP contribution in [0, 0.1) is 18.5 Å². The Hall–Kier alpha value is -2.00. The number of rotatable bonds is 1. The van der Waals surface area contributed by atoms with Crippen LogP contribution in [0.15, 0.2) is 42.5 Å². The molecule has 0 radical (unpaired) electrons. The van der Waals surface area contributed by atoms with Gasteiger partial charge in [-0.1, -0.05) is 48.6 Å². The molecule has 0 saturated carbocycles. The lowest BCUT2D eigenvalue weighted by molar-refractivity contribution is 1.04. The number of nitrogens with one attached hydrogen (secondary N) is 1. The van der Waals surface area contributed by atoms with Crippen molar-refractivity contribution >= 4 is 23.0 Å². The summed E-state index contributed by atoms with van der Waals surface area (Å²) in [7, 11) is 0. The topological polar surface area (TPSA) is 28.7 Å². The molecule has 3 aromatic rings. The summed E-state index contributed by atoms with van der Waals surface area (Å²) in [6.07, 6.45) is 0. The third kappa shape index (κ3) is 2.17. The molecule has 1 heterocycles. The second-order valence-corrected chi connectivity index (χ2v) is 5.10. The van der Waals surface area contributed by atoms with Gasteiger partial charge in [-0.05, 0) is 30.7 Å². The first-order chi connectivity index (χ1) is 9.15. The summed E-state index contributed by atoms with van der Waals surface area (Å²) in [5.41, 5.74) is 3.92. The van der Waals surface area contributed by atoms with E-state index in [4.69, 9.17) is 12.2 Å². The first-order valence-corrected chi connectivity index (χ1v) is 6.62. The van der Waals surface area contributed by atoms with Gasteiger partial charge in [-0.3, -0.25) is 0 Å². The summed E-state index contributed by atoms with van der Waals surface area (Å²) >= 11 is 5.39. The summed E-state index contributed by atoms with van der Waals surface area (Å²) < 4.78 is 0.693. The number of H-pyrrole nitrogens is 1.